The summed E-state index contributed by atoms with van der Waals surface area (Å²) in [6.45, 7) is 19.9. The monoisotopic (exact) mass is 1020 g/mol. The second-order valence-electron chi connectivity index (χ2n) is 20.0. The van der Waals surface area contributed by atoms with E-state index in [1.54, 1.807) is 0 Å². The van der Waals surface area contributed by atoms with Gasteiger partial charge in [-0.2, -0.15) is 0 Å². The Bertz CT molecular complexity index is 3410. The number of hydrogen-bond donors (Lipinski definition) is 1. The first-order valence-electron chi connectivity index (χ1n) is 21.9. The summed E-state index contributed by atoms with van der Waals surface area (Å²) < 4.78 is 8.70. The van der Waals surface area contributed by atoms with Gasteiger partial charge >= 0.3 is 0 Å². The van der Waals surface area contributed by atoms with Gasteiger partial charge in [-0.05, 0) is 86.2 Å². The molecule has 3 aromatic heterocycles. The van der Waals surface area contributed by atoms with Crippen molar-refractivity contribution in [3.8, 4) is 56.3 Å². The van der Waals surface area contributed by atoms with E-state index >= 15 is 0 Å². The molecule has 10 aromatic rings. The number of furan rings is 1. The third-order valence-corrected chi connectivity index (χ3v) is 12.5. The molecule has 7 aromatic carbocycles. The van der Waals surface area contributed by atoms with Gasteiger partial charge in [0, 0.05) is 54.9 Å². The van der Waals surface area contributed by atoms with Crippen molar-refractivity contribution in [1.29, 1.82) is 0 Å². The van der Waals surface area contributed by atoms with Crippen LogP contribution in [-0.4, -0.2) is 19.6 Å². The first-order valence-corrected chi connectivity index (χ1v) is 21.9. The van der Waals surface area contributed by atoms with Crippen LogP contribution in [-0.2, 0) is 37.3 Å². The van der Waals surface area contributed by atoms with Crippen molar-refractivity contribution in [2.45, 2.75) is 78.6 Å². The van der Waals surface area contributed by atoms with E-state index in [4.69, 9.17) is 14.4 Å². The van der Waals surface area contributed by atoms with Crippen LogP contribution in [0.2, 0.25) is 0 Å². The molecule has 5 nitrogen and oxygen atoms in total. The molecule has 0 unspecified atom stereocenters. The Morgan fingerprint density at radius 2 is 1.25 bits per heavy atom. The van der Waals surface area contributed by atoms with E-state index in [1.807, 2.05) is 12.3 Å². The smallest absolute Gasteiger partial charge is 0.148 e. The molecule has 0 spiro atoms. The fraction of sp³-hybridized carbons (Fsp3) is 0.207. The second kappa shape index (κ2) is 15.7. The van der Waals surface area contributed by atoms with Gasteiger partial charge in [-0.3, -0.25) is 9.55 Å². The molecule has 0 aliphatic carbocycles. The average Bonchev–Trinajstić information content (AvgIpc) is 3.83. The molecule has 10 rings (SSSR count). The number of phenolic OH excluding ortho intramolecular Hbond substituents is 1. The van der Waals surface area contributed by atoms with Crippen molar-refractivity contribution in [2.75, 3.05) is 0 Å². The summed E-state index contributed by atoms with van der Waals surface area (Å²) in [5.74, 6) is 0.918. The summed E-state index contributed by atoms with van der Waals surface area (Å²) in [7, 11) is 0. The minimum atomic E-state index is -0.328. The molecule has 0 saturated heterocycles. The SMILES string of the molecule is CC(C)(C)c1ccc(-n2c(-c3cc(C(C)(C)C)cc(C(C)(C)C)c3O)nc3c(-c4[c-]c(-c5nccc6oc7cc8ccccc8cc7c56)ccc4)cccc32)c(-c2ccccc2)c1.[Pt]. The quantitative estimate of drug-likeness (QED) is 0.175. The Balaban J connectivity index is 0.00000518. The van der Waals surface area contributed by atoms with Crippen LogP contribution in [0.5, 0.6) is 5.75 Å². The maximum absolute atomic E-state index is 12.5. The molecular formula is C58H52N3O2Pt-. The van der Waals surface area contributed by atoms with Crippen LogP contribution in [0.1, 0.15) is 79.0 Å². The van der Waals surface area contributed by atoms with Gasteiger partial charge in [-0.1, -0.05) is 152 Å². The van der Waals surface area contributed by atoms with E-state index in [0.29, 0.717) is 11.4 Å². The molecule has 0 aliphatic rings. The molecule has 6 heteroatoms. The maximum atomic E-state index is 12.5. The molecule has 1 N–H and O–H groups in total. The molecule has 3 heterocycles. The number of para-hydroxylation sites is 1. The minimum absolute atomic E-state index is 0. The predicted octanol–water partition coefficient (Wildman–Crippen LogP) is 15.5. The van der Waals surface area contributed by atoms with Crippen LogP contribution in [0.25, 0.3) is 94.3 Å². The van der Waals surface area contributed by atoms with Gasteiger partial charge in [0.25, 0.3) is 0 Å². The molecular weight excluding hydrogens is 966 g/mol. The van der Waals surface area contributed by atoms with Crippen LogP contribution >= 0.6 is 0 Å². The van der Waals surface area contributed by atoms with Crippen molar-refractivity contribution in [3.63, 3.8) is 0 Å². The third-order valence-electron chi connectivity index (χ3n) is 12.5. The molecule has 322 valence electrons. The van der Waals surface area contributed by atoms with E-state index in [2.05, 4.69) is 206 Å². The largest absolute Gasteiger partial charge is 0.507 e. The van der Waals surface area contributed by atoms with E-state index in [1.165, 1.54) is 5.56 Å². The van der Waals surface area contributed by atoms with E-state index in [-0.39, 0.29) is 43.1 Å². The van der Waals surface area contributed by atoms with Gasteiger partial charge in [0.1, 0.15) is 22.7 Å². The predicted molar refractivity (Wildman–Crippen MR) is 262 cm³/mol. The summed E-state index contributed by atoms with van der Waals surface area (Å²) >= 11 is 0. The summed E-state index contributed by atoms with van der Waals surface area (Å²) in [5.41, 5.74) is 13.4. The van der Waals surface area contributed by atoms with E-state index in [0.717, 1.165) is 94.1 Å². The Kier molecular flexibility index (Phi) is 10.6. The molecule has 0 atom stereocenters. The van der Waals surface area contributed by atoms with Crippen LogP contribution in [0, 0.1) is 6.07 Å². The summed E-state index contributed by atoms with van der Waals surface area (Å²) in [4.78, 5) is 10.6. The van der Waals surface area contributed by atoms with Gasteiger partial charge in [0.15, 0.2) is 0 Å². The number of pyridine rings is 1. The first-order chi connectivity index (χ1) is 30.0. The van der Waals surface area contributed by atoms with Gasteiger partial charge in [-0.15, -0.1) is 29.8 Å². The van der Waals surface area contributed by atoms with Gasteiger partial charge in [-0.25, -0.2) is 4.98 Å². The zero-order valence-electron chi connectivity index (χ0n) is 37.9. The Hall–Kier alpha value is -6.29. The van der Waals surface area contributed by atoms with Crippen LogP contribution in [0.3, 0.4) is 0 Å². The third kappa shape index (κ3) is 7.44. The number of fused-ring (bicyclic) bond motifs is 5. The molecule has 0 aliphatic heterocycles. The minimum Gasteiger partial charge on any atom is -0.507 e. The number of aromatic nitrogens is 3. The van der Waals surface area contributed by atoms with Crippen molar-refractivity contribution in [3.05, 3.63) is 168 Å². The molecule has 0 fully saturated rings. The normalized spacial score (nSPS) is 12.4. The number of benzene rings is 7. The molecule has 0 saturated carbocycles. The fourth-order valence-electron chi connectivity index (χ4n) is 8.97. The van der Waals surface area contributed by atoms with Gasteiger partial charge in [0.2, 0.25) is 0 Å². The first kappa shape index (κ1) is 43.0. The van der Waals surface area contributed by atoms with Gasteiger partial charge < -0.3 is 9.52 Å². The van der Waals surface area contributed by atoms with Crippen LogP contribution in [0.15, 0.2) is 150 Å². The summed E-state index contributed by atoms with van der Waals surface area (Å²) in [6, 6.07) is 52.7. The Labute approximate surface area is 390 Å². The van der Waals surface area contributed by atoms with Crippen molar-refractivity contribution < 1.29 is 30.6 Å². The Morgan fingerprint density at radius 3 is 1.97 bits per heavy atom. The van der Waals surface area contributed by atoms with Crippen molar-refractivity contribution in [1.82, 2.24) is 14.5 Å². The molecule has 0 radical (unpaired) electrons. The topological polar surface area (TPSA) is 64.1 Å². The van der Waals surface area contributed by atoms with Crippen molar-refractivity contribution >= 4 is 43.7 Å². The van der Waals surface area contributed by atoms with E-state index in [9.17, 15) is 5.11 Å². The number of rotatable bonds is 5. The van der Waals surface area contributed by atoms with Crippen LogP contribution in [0.4, 0.5) is 0 Å². The molecule has 0 bridgehead atoms. The fourth-order valence-corrected chi connectivity index (χ4v) is 8.97. The second-order valence-corrected chi connectivity index (χ2v) is 20.0. The molecule has 0 amide bonds. The number of hydrogen-bond acceptors (Lipinski definition) is 4. The number of phenols is 1. The van der Waals surface area contributed by atoms with E-state index < -0.39 is 0 Å². The standard InChI is InChI=1S/C58H52N3O2.Pt/c1-56(2,3)40-25-26-47(43(32-40)35-17-11-10-12-18-35)61-48-24-16-23-42(53(48)60-55(61)45-33-41(57(4,5)6)34-46(54(45)62)58(7,8)9)38-21-15-22-39(29-38)52-51-44-30-36-19-13-14-20-37(36)31-50(44)63-49(51)27-28-59-52;/h10-28,30-34,62H,1-9H3;/q-1;. The van der Waals surface area contributed by atoms with Crippen molar-refractivity contribution in [2.24, 2.45) is 0 Å². The zero-order valence-corrected chi connectivity index (χ0v) is 40.1. The summed E-state index contributed by atoms with van der Waals surface area (Å²) in [5, 5.41) is 16.7. The number of nitrogens with zero attached hydrogens (tertiary/aromatic N) is 3. The Morgan fingerprint density at radius 1 is 0.578 bits per heavy atom. The summed E-state index contributed by atoms with van der Waals surface area (Å²) in [6.07, 6.45) is 1.81. The maximum Gasteiger partial charge on any atom is 0.148 e. The van der Waals surface area contributed by atoms with Crippen LogP contribution < -0.4 is 0 Å². The number of imidazole rings is 1. The number of aromatic hydroxyl groups is 1. The average molecular weight is 1020 g/mol. The van der Waals surface area contributed by atoms with Gasteiger partial charge in [0.05, 0.1) is 22.3 Å². The molecule has 64 heavy (non-hydrogen) atoms. The zero-order chi connectivity index (χ0) is 44.0.